The lowest BCUT2D eigenvalue weighted by atomic mass is 10.1. The second-order valence-corrected chi connectivity index (χ2v) is 7.53. The normalized spacial score (nSPS) is 10.7. The summed E-state index contributed by atoms with van der Waals surface area (Å²) in [5, 5.41) is 20.0. The van der Waals surface area contributed by atoms with E-state index < -0.39 is 5.97 Å². The maximum absolute atomic E-state index is 11.6. The summed E-state index contributed by atoms with van der Waals surface area (Å²) in [6, 6.07) is 9.01. The zero-order chi connectivity index (χ0) is 19.4. The lowest BCUT2D eigenvalue weighted by Gasteiger charge is -2.10. The van der Waals surface area contributed by atoms with E-state index in [1.807, 2.05) is 17.5 Å². The number of ether oxygens (including phenoxy) is 1. The van der Waals surface area contributed by atoms with Gasteiger partial charge in [-0.2, -0.15) is 0 Å². The Balaban J connectivity index is 1.89. The Morgan fingerprint density at radius 3 is 2.74 bits per heavy atom. The highest BCUT2D eigenvalue weighted by atomic mass is 32.2. The van der Waals surface area contributed by atoms with E-state index in [0.29, 0.717) is 28.0 Å². The largest absolute Gasteiger partial charge is 0.496 e. The topological polar surface area (TPSA) is 94.3 Å². The Morgan fingerprint density at radius 2 is 2.11 bits per heavy atom. The number of thiophene rings is 1. The number of hydrogen-bond donors (Lipinski definition) is 1. The highest BCUT2D eigenvalue weighted by Gasteiger charge is 2.18. The lowest BCUT2D eigenvalue weighted by Crippen LogP contribution is -2.11. The summed E-state index contributed by atoms with van der Waals surface area (Å²) in [6.45, 7) is 1.28. The predicted molar refractivity (Wildman–Crippen MR) is 104 cm³/mol. The number of carboxylic acids is 1. The number of carbonyl (C=O) groups is 2. The maximum atomic E-state index is 11.6. The number of aliphatic carboxylic acids is 1. The van der Waals surface area contributed by atoms with Gasteiger partial charge in [0.05, 0.1) is 12.0 Å². The van der Waals surface area contributed by atoms with Crippen molar-refractivity contribution in [3.8, 4) is 16.5 Å². The quantitative estimate of drug-likeness (QED) is 0.454. The Morgan fingerprint density at radius 1 is 1.30 bits per heavy atom. The second kappa shape index (κ2) is 8.36. The van der Waals surface area contributed by atoms with Crippen molar-refractivity contribution in [2.45, 2.75) is 24.4 Å². The van der Waals surface area contributed by atoms with E-state index >= 15 is 0 Å². The Bertz CT molecular complexity index is 967. The number of aromatic nitrogens is 3. The third-order valence-electron chi connectivity index (χ3n) is 3.80. The molecule has 27 heavy (non-hydrogen) atoms. The first-order chi connectivity index (χ1) is 13.0. The molecule has 0 aliphatic heterocycles. The van der Waals surface area contributed by atoms with Crippen LogP contribution in [0.25, 0.3) is 10.7 Å². The van der Waals surface area contributed by atoms with E-state index in [9.17, 15) is 14.7 Å². The highest BCUT2D eigenvalue weighted by molar-refractivity contribution is 7.98. The summed E-state index contributed by atoms with van der Waals surface area (Å²) in [4.78, 5) is 23.8. The molecule has 0 aliphatic carbocycles. The van der Waals surface area contributed by atoms with Gasteiger partial charge in [0, 0.05) is 16.9 Å². The molecule has 3 rings (SSSR count). The van der Waals surface area contributed by atoms with Crippen molar-refractivity contribution in [2.75, 3.05) is 7.11 Å². The molecule has 0 bridgehead atoms. The SMILES string of the molecule is COc1ccc(C(C)=O)cc1CSc1nnc(-c2cccs2)n1CC(=O)O. The van der Waals surface area contributed by atoms with Crippen molar-refractivity contribution < 1.29 is 19.4 Å². The lowest BCUT2D eigenvalue weighted by molar-refractivity contribution is -0.137. The first-order valence-electron chi connectivity index (χ1n) is 7.99. The van der Waals surface area contributed by atoms with E-state index in [1.165, 1.54) is 30.0 Å². The Kier molecular flexibility index (Phi) is 5.92. The minimum atomic E-state index is -0.967. The van der Waals surface area contributed by atoms with E-state index in [2.05, 4.69) is 10.2 Å². The summed E-state index contributed by atoms with van der Waals surface area (Å²) in [7, 11) is 1.57. The molecule has 0 saturated heterocycles. The van der Waals surface area contributed by atoms with Crippen LogP contribution in [0.3, 0.4) is 0 Å². The van der Waals surface area contributed by atoms with Gasteiger partial charge in [0.25, 0.3) is 0 Å². The van der Waals surface area contributed by atoms with Crippen LogP contribution < -0.4 is 4.74 Å². The number of rotatable bonds is 8. The van der Waals surface area contributed by atoms with Crippen LogP contribution in [0, 0.1) is 0 Å². The molecule has 0 radical (unpaired) electrons. The minimum Gasteiger partial charge on any atom is -0.496 e. The first-order valence-corrected chi connectivity index (χ1v) is 9.85. The Labute approximate surface area is 164 Å². The van der Waals surface area contributed by atoms with Crippen LogP contribution in [0.1, 0.15) is 22.8 Å². The van der Waals surface area contributed by atoms with Crippen LogP contribution in [0.5, 0.6) is 5.75 Å². The van der Waals surface area contributed by atoms with Gasteiger partial charge in [0.15, 0.2) is 16.8 Å². The fourth-order valence-electron chi connectivity index (χ4n) is 2.51. The summed E-state index contributed by atoms with van der Waals surface area (Å²) >= 11 is 2.82. The number of benzene rings is 1. The molecule has 0 aliphatic rings. The molecular formula is C18H17N3O4S2. The summed E-state index contributed by atoms with van der Waals surface area (Å²) in [5.41, 5.74) is 1.43. The van der Waals surface area contributed by atoms with Crippen LogP contribution in [-0.2, 0) is 17.1 Å². The Hall–Kier alpha value is -2.65. The predicted octanol–water partition coefficient (Wildman–Crippen LogP) is 3.59. The summed E-state index contributed by atoms with van der Waals surface area (Å²) < 4.78 is 6.95. The fourth-order valence-corrected chi connectivity index (χ4v) is 4.15. The average molecular weight is 403 g/mol. The van der Waals surface area contributed by atoms with Crippen molar-refractivity contribution >= 4 is 34.9 Å². The van der Waals surface area contributed by atoms with Gasteiger partial charge in [-0.25, -0.2) is 0 Å². The van der Waals surface area contributed by atoms with E-state index in [4.69, 9.17) is 4.74 Å². The smallest absolute Gasteiger partial charge is 0.323 e. The van der Waals surface area contributed by atoms with Crippen molar-refractivity contribution in [3.63, 3.8) is 0 Å². The molecule has 7 nitrogen and oxygen atoms in total. The second-order valence-electron chi connectivity index (χ2n) is 5.63. The van der Waals surface area contributed by atoms with Gasteiger partial charge in [-0.15, -0.1) is 21.5 Å². The minimum absolute atomic E-state index is 0.0297. The third-order valence-corrected chi connectivity index (χ3v) is 5.68. The maximum Gasteiger partial charge on any atom is 0.323 e. The summed E-state index contributed by atoms with van der Waals surface area (Å²) in [5.74, 6) is 0.658. The molecule has 0 unspecified atom stereocenters. The van der Waals surface area contributed by atoms with Crippen LogP contribution >= 0.6 is 23.1 Å². The molecular weight excluding hydrogens is 386 g/mol. The standard InChI is InChI=1S/C18H17N3O4S2/c1-11(22)12-5-6-14(25-2)13(8-12)10-27-18-20-19-17(15-4-3-7-26-15)21(18)9-16(23)24/h3-8H,9-10H2,1-2H3,(H,23,24). The van der Waals surface area contributed by atoms with Crippen LogP contribution in [0.4, 0.5) is 0 Å². The van der Waals surface area contributed by atoms with Crippen LogP contribution in [-0.4, -0.2) is 38.7 Å². The van der Waals surface area contributed by atoms with Crippen molar-refractivity contribution in [1.82, 2.24) is 14.8 Å². The van der Waals surface area contributed by atoms with E-state index in [-0.39, 0.29) is 12.3 Å². The molecule has 140 valence electrons. The molecule has 1 aromatic carbocycles. The number of carboxylic acid groups (broad SMARTS) is 1. The number of thioether (sulfide) groups is 1. The van der Waals surface area contributed by atoms with Crippen LogP contribution in [0.2, 0.25) is 0 Å². The molecule has 0 atom stereocenters. The van der Waals surface area contributed by atoms with Gasteiger partial charge in [0.2, 0.25) is 0 Å². The first kappa shape index (κ1) is 19.1. The molecule has 2 heterocycles. The van der Waals surface area contributed by atoms with Gasteiger partial charge in [-0.1, -0.05) is 17.8 Å². The van der Waals surface area contributed by atoms with Gasteiger partial charge in [0.1, 0.15) is 12.3 Å². The monoisotopic (exact) mass is 403 g/mol. The molecule has 2 aromatic heterocycles. The number of hydrogen-bond acceptors (Lipinski definition) is 7. The zero-order valence-electron chi connectivity index (χ0n) is 14.7. The van der Waals surface area contributed by atoms with Crippen molar-refractivity contribution in [1.29, 1.82) is 0 Å². The molecule has 9 heteroatoms. The van der Waals surface area contributed by atoms with Gasteiger partial charge in [-0.3, -0.25) is 14.2 Å². The molecule has 0 amide bonds. The molecule has 0 spiro atoms. The fraction of sp³-hybridized carbons (Fsp3) is 0.222. The van der Waals surface area contributed by atoms with Gasteiger partial charge < -0.3 is 9.84 Å². The van der Waals surface area contributed by atoms with Crippen molar-refractivity contribution in [3.05, 3.63) is 46.8 Å². The molecule has 1 N–H and O–H groups in total. The number of Topliss-reactive ketones (excluding diaryl/α,β-unsaturated/α-hetero) is 1. The number of ketones is 1. The van der Waals surface area contributed by atoms with E-state index in [1.54, 1.807) is 29.9 Å². The van der Waals surface area contributed by atoms with E-state index in [0.717, 1.165) is 10.4 Å². The summed E-state index contributed by atoms with van der Waals surface area (Å²) in [6.07, 6.45) is 0. The third kappa shape index (κ3) is 4.37. The number of carbonyl (C=O) groups excluding carboxylic acids is 1. The molecule has 3 aromatic rings. The van der Waals surface area contributed by atoms with Crippen molar-refractivity contribution in [2.24, 2.45) is 0 Å². The molecule has 0 saturated carbocycles. The van der Waals surface area contributed by atoms with Gasteiger partial charge in [-0.05, 0) is 36.6 Å². The number of nitrogens with zero attached hydrogens (tertiary/aromatic N) is 3. The average Bonchev–Trinajstić information content (AvgIpc) is 3.29. The number of methoxy groups -OCH3 is 1. The zero-order valence-corrected chi connectivity index (χ0v) is 16.3. The van der Waals surface area contributed by atoms with Crippen LogP contribution in [0.15, 0.2) is 40.9 Å². The van der Waals surface area contributed by atoms with Gasteiger partial charge >= 0.3 is 5.97 Å². The molecule has 0 fully saturated rings. The highest BCUT2D eigenvalue weighted by Crippen LogP contribution is 2.31.